The van der Waals surface area contributed by atoms with E-state index in [1.807, 2.05) is 11.9 Å². The minimum Gasteiger partial charge on any atom is -0.508 e. The number of halogens is 3. The first-order valence-electron chi connectivity index (χ1n) is 15.5. The maximum atomic E-state index is 17.0. The molecule has 1 unspecified atom stereocenters. The third-order valence-electron chi connectivity index (χ3n) is 10.3. The maximum absolute atomic E-state index is 17.0. The van der Waals surface area contributed by atoms with Gasteiger partial charge in [0.25, 0.3) is 0 Å². The van der Waals surface area contributed by atoms with Crippen LogP contribution in [0.1, 0.15) is 37.7 Å². The zero-order chi connectivity index (χ0) is 31.8. The Morgan fingerprint density at radius 3 is 2.78 bits per heavy atom. The predicted octanol–water partition coefficient (Wildman–Crippen LogP) is 5.14. The van der Waals surface area contributed by atoms with Crippen molar-refractivity contribution in [2.24, 2.45) is 0 Å². The number of anilines is 1. The molecule has 8 rings (SSSR count). The summed E-state index contributed by atoms with van der Waals surface area (Å²) in [7, 11) is 1.88. The number of hydrogen-bond acceptors (Lipinski definition) is 9. The Morgan fingerprint density at radius 2 is 1.98 bits per heavy atom. The predicted molar refractivity (Wildman–Crippen MR) is 165 cm³/mol. The van der Waals surface area contributed by atoms with Gasteiger partial charge in [0.15, 0.2) is 5.82 Å². The molecule has 3 atom stereocenters. The molecule has 2 aromatic carbocycles. The number of fused-ring (bicyclic) bond motifs is 2. The molecule has 238 valence electrons. The minimum absolute atomic E-state index is 0.0642. The van der Waals surface area contributed by atoms with Gasteiger partial charge in [0.05, 0.1) is 29.9 Å². The molecule has 3 fully saturated rings. The summed E-state index contributed by atoms with van der Waals surface area (Å²) in [5.41, 5.74) is -1.27. The average Bonchev–Trinajstić information content (AvgIpc) is 3.75. The summed E-state index contributed by atoms with van der Waals surface area (Å²) in [6.45, 7) is 2.56. The minimum atomic E-state index is -0.941. The molecule has 3 saturated heterocycles. The van der Waals surface area contributed by atoms with Crippen LogP contribution in [0, 0.1) is 24.0 Å². The van der Waals surface area contributed by atoms with Gasteiger partial charge in [0, 0.05) is 44.0 Å². The van der Waals surface area contributed by atoms with Crippen molar-refractivity contribution in [2.75, 3.05) is 51.5 Å². The van der Waals surface area contributed by atoms with Crippen LogP contribution in [0.2, 0.25) is 0 Å². The largest absolute Gasteiger partial charge is 0.508 e. The van der Waals surface area contributed by atoms with Crippen molar-refractivity contribution in [3.63, 3.8) is 0 Å². The Morgan fingerprint density at radius 1 is 1.13 bits per heavy atom. The number of aromatic nitrogens is 3. The van der Waals surface area contributed by atoms with E-state index >= 15 is 4.39 Å². The molecule has 2 aromatic heterocycles. The van der Waals surface area contributed by atoms with Crippen LogP contribution < -0.4 is 14.4 Å². The van der Waals surface area contributed by atoms with Crippen molar-refractivity contribution in [3.05, 3.63) is 41.5 Å². The van der Waals surface area contributed by atoms with Crippen LogP contribution in [0.3, 0.4) is 0 Å². The topological polar surface area (TPSA) is 93.1 Å². The van der Waals surface area contributed by atoms with Gasteiger partial charge >= 0.3 is 6.01 Å². The zero-order valence-corrected chi connectivity index (χ0v) is 25.3. The molecule has 6 heterocycles. The molecule has 1 N–H and O–H groups in total. The van der Waals surface area contributed by atoms with Gasteiger partial charge in [-0.15, -0.1) is 6.42 Å². The van der Waals surface area contributed by atoms with E-state index in [0.29, 0.717) is 50.2 Å². The van der Waals surface area contributed by atoms with Crippen LogP contribution in [-0.2, 0) is 4.74 Å². The number of nitrogens with zero attached hydrogens (tertiary/aromatic N) is 5. The third kappa shape index (κ3) is 4.36. The summed E-state index contributed by atoms with van der Waals surface area (Å²) in [5, 5.41) is 11.5. The van der Waals surface area contributed by atoms with Crippen molar-refractivity contribution < 1.29 is 32.5 Å². The van der Waals surface area contributed by atoms with Gasteiger partial charge in [0.2, 0.25) is 5.88 Å². The lowest BCUT2D eigenvalue weighted by atomic mass is 9.91. The fourth-order valence-electron chi connectivity index (χ4n) is 7.88. The highest BCUT2D eigenvalue weighted by Gasteiger charge is 2.49. The molecular formula is C34H32F3N5O4. The normalized spacial score (nSPS) is 25.9. The van der Waals surface area contributed by atoms with E-state index < -0.39 is 28.9 Å². The van der Waals surface area contributed by atoms with Crippen LogP contribution in [0.25, 0.3) is 32.9 Å². The number of rotatable bonds is 4. The van der Waals surface area contributed by atoms with Crippen molar-refractivity contribution >= 4 is 27.5 Å². The van der Waals surface area contributed by atoms with Gasteiger partial charge < -0.3 is 24.2 Å². The fourth-order valence-corrected chi connectivity index (χ4v) is 7.88. The molecular weight excluding hydrogens is 599 g/mol. The second-order valence-electron chi connectivity index (χ2n) is 12.8. The average molecular weight is 632 g/mol. The fraction of sp³-hybridized carbons (Fsp3) is 0.441. The highest BCUT2D eigenvalue weighted by atomic mass is 19.1. The van der Waals surface area contributed by atoms with Gasteiger partial charge in [-0.1, -0.05) is 12.0 Å². The van der Waals surface area contributed by atoms with E-state index in [1.165, 1.54) is 24.3 Å². The number of alkyl halides is 1. The number of phenolic OH excluding ortho intramolecular Hbond substituents is 1. The number of pyridine rings is 1. The SMILES string of the molecule is C#Cc1c(F)ccc2cc(O)cc(-c3nc4c5c(nc(OC[C@@]67CCCN6C[C@H](F)C7)nc5c3F)N(C)C3(CCOC3)CCO4)c12. The Labute approximate surface area is 263 Å². The molecule has 0 radical (unpaired) electrons. The van der Waals surface area contributed by atoms with E-state index in [9.17, 15) is 13.9 Å². The molecule has 4 aliphatic rings. The van der Waals surface area contributed by atoms with Crippen LogP contribution in [0.5, 0.6) is 17.6 Å². The van der Waals surface area contributed by atoms with Crippen LogP contribution in [0.15, 0.2) is 24.3 Å². The molecule has 0 bridgehead atoms. The van der Waals surface area contributed by atoms with Crippen molar-refractivity contribution in [3.8, 4) is 41.2 Å². The lowest BCUT2D eigenvalue weighted by molar-refractivity contribution is 0.107. The van der Waals surface area contributed by atoms with E-state index in [2.05, 4.69) is 20.8 Å². The molecule has 0 aliphatic carbocycles. The lowest BCUT2D eigenvalue weighted by Gasteiger charge is -2.40. The molecule has 4 aliphatic heterocycles. The van der Waals surface area contributed by atoms with E-state index in [0.717, 1.165) is 19.4 Å². The van der Waals surface area contributed by atoms with E-state index in [-0.39, 0.29) is 64.0 Å². The summed E-state index contributed by atoms with van der Waals surface area (Å²) in [6.07, 6.45) is 8.13. The third-order valence-corrected chi connectivity index (χ3v) is 10.3. The first-order chi connectivity index (χ1) is 22.2. The summed E-state index contributed by atoms with van der Waals surface area (Å²) >= 11 is 0. The summed E-state index contributed by atoms with van der Waals surface area (Å²) in [6, 6.07) is 5.32. The van der Waals surface area contributed by atoms with Gasteiger partial charge in [-0.25, -0.2) is 18.2 Å². The monoisotopic (exact) mass is 631 g/mol. The van der Waals surface area contributed by atoms with Gasteiger partial charge in [0.1, 0.15) is 46.8 Å². The number of ether oxygens (including phenoxy) is 3. The molecule has 1 spiro atoms. The molecule has 12 heteroatoms. The van der Waals surface area contributed by atoms with E-state index in [1.54, 1.807) is 0 Å². The molecule has 4 aromatic rings. The highest BCUT2D eigenvalue weighted by molar-refractivity contribution is 6.04. The number of aromatic hydroxyl groups is 1. The standard InChI is InChI=1S/C34H32F3N5O4/c1-3-22-24(36)6-5-19-13-21(43)14-23(25(19)22)28-27(37)29-26-30(41(2)33(8-11-44-17-33)9-12-45-31(26)38-28)40-32(39-29)46-18-34-7-4-10-42(34)16-20(35)15-34/h1,5-6,13-14,20,43H,4,7-12,15-18H2,2H3/t20-,33?,34+/m1/s1. The number of likely N-dealkylation sites (N-methyl/N-ethyl adjacent to an activating group) is 1. The smallest absolute Gasteiger partial charge is 0.319 e. The Balaban J connectivity index is 1.35. The van der Waals surface area contributed by atoms with Gasteiger partial charge in [-0.3, -0.25) is 4.90 Å². The first-order valence-corrected chi connectivity index (χ1v) is 15.5. The van der Waals surface area contributed by atoms with E-state index in [4.69, 9.17) is 25.6 Å². The lowest BCUT2D eigenvalue weighted by Crippen LogP contribution is -2.49. The number of terminal acetylenes is 1. The molecule has 9 nitrogen and oxygen atoms in total. The van der Waals surface area contributed by atoms with Crippen LogP contribution in [-0.4, -0.2) is 88.8 Å². The second-order valence-corrected chi connectivity index (χ2v) is 12.8. The maximum Gasteiger partial charge on any atom is 0.319 e. The van der Waals surface area contributed by atoms with Gasteiger partial charge in [-0.2, -0.15) is 9.97 Å². The molecule has 0 amide bonds. The number of hydrogen-bond donors (Lipinski definition) is 1. The van der Waals surface area contributed by atoms with Crippen molar-refractivity contribution in [1.82, 2.24) is 19.9 Å². The zero-order valence-electron chi connectivity index (χ0n) is 25.3. The van der Waals surface area contributed by atoms with Crippen LogP contribution in [0.4, 0.5) is 19.0 Å². The van der Waals surface area contributed by atoms with Crippen LogP contribution >= 0.6 is 0 Å². The Kier molecular flexibility index (Phi) is 6.71. The second kappa shape index (κ2) is 10.6. The number of benzene rings is 2. The van der Waals surface area contributed by atoms with Crippen molar-refractivity contribution in [2.45, 2.75) is 49.4 Å². The summed E-state index contributed by atoms with van der Waals surface area (Å²) < 4.78 is 64.7. The van der Waals surface area contributed by atoms with Crippen molar-refractivity contribution in [1.29, 1.82) is 0 Å². The Hall–Kier alpha value is -4.34. The summed E-state index contributed by atoms with van der Waals surface area (Å²) in [5.74, 6) is 1.13. The highest BCUT2D eigenvalue weighted by Crippen LogP contribution is 2.46. The first kappa shape index (κ1) is 29.1. The number of phenols is 1. The summed E-state index contributed by atoms with van der Waals surface area (Å²) in [4.78, 5) is 18.1. The quantitative estimate of drug-likeness (QED) is 0.308. The molecule has 46 heavy (non-hydrogen) atoms. The van der Waals surface area contributed by atoms with Gasteiger partial charge in [-0.05, 0) is 49.4 Å². The molecule has 0 saturated carbocycles. The Bertz CT molecular complexity index is 1940.